The number of aliphatic imine (C=N–C) groups is 1. The quantitative estimate of drug-likeness (QED) is 0.468. The van der Waals surface area contributed by atoms with Gasteiger partial charge in [-0.15, -0.1) is 0 Å². The van der Waals surface area contributed by atoms with Crippen molar-refractivity contribution >= 4 is 51.1 Å². The highest BCUT2D eigenvalue weighted by Crippen LogP contribution is 2.50. The van der Waals surface area contributed by atoms with Crippen LogP contribution in [0.15, 0.2) is 74.1 Å². The van der Waals surface area contributed by atoms with Crippen molar-refractivity contribution < 1.29 is 9.90 Å². The number of nitrogens with zero attached hydrogens (tertiary/aromatic N) is 3. The van der Waals surface area contributed by atoms with Crippen molar-refractivity contribution in [1.82, 2.24) is 9.80 Å². The summed E-state index contributed by atoms with van der Waals surface area (Å²) in [6, 6.07) is 11.7. The molecule has 6 rings (SSSR count). The van der Waals surface area contributed by atoms with Crippen LogP contribution in [0.4, 0.5) is 5.69 Å². The summed E-state index contributed by atoms with van der Waals surface area (Å²) < 4.78 is 0. The number of benzene rings is 2. The molecule has 2 aliphatic carbocycles. The molecule has 2 heterocycles. The van der Waals surface area contributed by atoms with Gasteiger partial charge in [0.1, 0.15) is 16.3 Å². The van der Waals surface area contributed by atoms with Gasteiger partial charge in [-0.2, -0.15) is 0 Å². The molecule has 0 atom stereocenters. The fraction of sp³-hybridized carbons (Fsp3) is 0.333. The average Bonchev–Trinajstić information content (AvgIpc) is 3.37. The van der Waals surface area contributed by atoms with Gasteiger partial charge < -0.3 is 10.0 Å². The average molecular weight is 490 g/mol. The summed E-state index contributed by atoms with van der Waals surface area (Å²) in [6.45, 7) is 0. The standard InChI is InChI=1S/C27H27N3O2S2/c1-29-20-13-7-8-14-22(20)33-26(29)24-25(32)30(18-10-3-2-4-11-18)27(34-24)28-23-19-12-6-5-9-17(19)15-16-21(23)31/h5-6,8-9,12,14-16,18,31H,2-4,7,10-11,13H2,1H3/b26-24-,28-27?. The molecule has 0 radical (unpaired) electrons. The Morgan fingerprint density at radius 3 is 2.71 bits per heavy atom. The molecule has 7 heteroatoms. The van der Waals surface area contributed by atoms with Gasteiger partial charge in [-0.1, -0.05) is 73.5 Å². The van der Waals surface area contributed by atoms with Gasteiger partial charge in [0.05, 0.1) is 5.03 Å². The van der Waals surface area contributed by atoms with Crippen LogP contribution in [0.3, 0.4) is 0 Å². The third-order valence-electron chi connectivity index (χ3n) is 7.05. The van der Waals surface area contributed by atoms with Crippen molar-refractivity contribution in [3.05, 3.63) is 69.1 Å². The van der Waals surface area contributed by atoms with Gasteiger partial charge in [0.15, 0.2) is 5.17 Å². The van der Waals surface area contributed by atoms with E-state index in [9.17, 15) is 9.90 Å². The van der Waals surface area contributed by atoms with Crippen LogP contribution in [0.5, 0.6) is 5.75 Å². The van der Waals surface area contributed by atoms with E-state index in [1.165, 1.54) is 28.8 Å². The van der Waals surface area contributed by atoms with Crippen LogP contribution in [-0.4, -0.2) is 39.1 Å². The molecule has 1 saturated carbocycles. The van der Waals surface area contributed by atoms with Crippen LogP contribution in [0.1, 0.15) is 44.9 Å². The Bertz CT molecular complexity index is 1300. The van der Waals surface area contributed by atoms with E-state index < -0.39 is 0 Å². The van der Waals surface area contributed by atoms with E-state index in [2.05, 4.69) is 24.1 Å². The Kier molecular flexibility index (Phi) is 5.70. The monoisotopic (exact) mass is 489 g/mol. The molecule has 4 aliphatic rings. The number of thioether (sulfide) groups is 2. The molecular weight excluding hydrogens is 462 g/mol. The second kappa shape index (κ2) is 8.86. The van der Waals surface area contributed by atoms with Gasteiger partial charge >= 0.3 is 0 Å². The van der Waals surface area contributed by atoms with Crippen molar-refractivity contribution in [2.75, 3.05) is 7.05 Å². The van der Waals surface area contributed by atoms with E-state index in [-0.39, 0.29) is 17.7 Å². The number of fused-ring (bicyclic) bond motifs is 1. The second-order valence-corrected chi connectivity index (χ2v) is 11.2. The zero-order valence-electron chi connectivity index (χ0n) is 19.2. The summed E-state index contributed by atoms with van der Waals surface area (Å²) in [5.41, 5.74) is 1.83. The van der Waals surface area contributed by atoms with E-state index in [1.807, 2.05) is 35.2 Å². The molecule has 0 aromatic heterocycles. The first-order valence-electron chi connectivity index (χ1n) is 12.0. The lowest BCUT2D eigenvalue weighted by Gasteiger charge is -2.30. The van der Waals surface area contributed by atoms with Crippen LogP contribution in [-0.2, 0) is 4.79 Å². The first-order valence-corrected chi connectivity index (χ1v) is 13.6. The van der Waals surface area contributed by atoms with Crippen molar-refractivity contribution in [3.8, 4) is 5.75 Å². The molecule has 1 N–H and O–H groups in total. The SMILES string of the molecule is CN1C2=C(C=CCC2)S/C1=C1\SC(=Nc2c(O)ccc3ccccc23)N(C2CCCCC2)C1=O. The minimum atomic E-state index is 0.0496. The second-order valence-electron chi connectivity index (χ2n) is 9.17. The number of hydrogen-bond donors (Lipinski definition) is 1. The minimum absolute atomic E-state index is 0.0496. The predicted molar refractivity (Wildman–Crippen MR) is 142 cm³/mol. The summed E-state index contributed by atoms with van der Waals surface area (Å²) in [4.78, 5) is 25.0. The van der Waals surface area contributed by atoms with Crippen molar-refractivity contribution in [2.45, 2.75) is 51.0 Å². The lowest BCUT2D eigenvalue weighted by molar-refractivity contribution is -0.124. The topological polar surface area (TPSA) is 56.1 Å². The predicted octanol–water partition coefficient (Wildman–Crippen LogP) is 6.85. The highest BCUT2D eigenvalue weighted by Gasteiger charge is 2.43. The molecule has 1 amide bonds. The number of rotatable bonds is 2. The Morgan fingerprint density at radius 1 is 1.06 bits per heavy atom. The van der Waals surface area contributed by atoms with Gasteiger partial charge in [0.25, 0.3) is 5.91 Å². The molecule has 0 bridgehead atoms. The highest BCUT2D eigenvalue weighted by atomic mass is 32.2. The lowest BCUT2D eigenvalue weighted by atomic mass is 9.94. The molecule has 2 aliphatic heterocycles. The van der Waals surface area contributed by atoms with Crippen LogP contribution in [0.25, 0.3) is 10.8 Å². The number of phenolic OH excluding ortho intramolecular Hbond substituents is 1. The largest absolute Gasteiger partial charge is 0.506 e. The number of carbonyl (C=O) groups excluding carboxylic acids is 1. The molecule has 174 valence electrons. The minimum Gasteiger partial charge on any atom is -0.506 e. The van der Waals surface area contributed by atoms with E-state index in [1.54, 1.807) is 17.8 Å². The van der Waals surface area contributed by atoms with Gasteiger partial charge in [0, 0.05) is 29.1 Å². The number of amides is 1. The number of amidine groups is 1. The number of phenols is 1. The Hall–Kier alpha value is -2.64. The molecule has 0 spiro atoms. The van der Waals surface area contributed by atoms with E-state index in [0.29, 0.717) is 10.9 Å². The Labute approximate surface area is 208 Å². The normalized spacial score (nSPS) is 24.7. The fourth-order valence-corrected chi connectivity index (χ4v) is 7.73. The van der Waals surface area contributed by atoms with E-state index in [0.717, 1.165) is 59.2 Å². The molecule has 0 unspecified atom stereocenters. The smallest absolute Gasteiger partial charge is 0.269 e. The maximum absolute atomic E-state index is 13.9. The lowest BCUT2D eigenvalue weighted by Crippen LogP contribution is -2.40. The summed E-state index contributed by atoms with van der Waals surface area (Å²) in [5.74, 6) is 0.187. The maximum Gasteiger partial charge on any atom is 0.269 e. The van der Waals surface area contributed by atoms with Gasteiger partial charge in [0.2, 0.25) is 0 Å². The first-order chi connectivity index (χ1) is 16.6. The number of hydrogen-bond acceptors (Lipinski definition) is 6. The van der Waals surface area contributed by atoms with Gasteiger partial charge in [-0.25, -0.2) is 4.99 Å². The van der Waals surface area contributed by atoms with Crippen LogP contribution >= 0.6 is 23.5 Å². The zero-order valence-corrected chi connectivity index (χ0v) is 20.8. The number of carbonyl (C=O) groups is 1. The van der Waals surface area contributed by atoms with Crippen LogP contribution in [0, 0.1) is 0 Å². The molecule has 2 aromatic rings. The summed E-state index contributed by atoms with van der Waals surface area (Å²) >= 11 is 3.15. The Balaban J connectivity index is 1.46. The van der Waals surface area contributed by atoms with E-state index in [4.69, 9.17) is 4.99 Å². The molecule has 1 saturated heterocycles. The first kappa shape index (κ1) is 21.9. The third-order valence-corrected chi connectivity index (χ3v) is 9.49. The van der Waals surface area contributed by atoms with Crippen LogP contribution in [0.2, 0.25) is 0 Å². The molecule has 2 aromatic carbocycles. The molecule has 5 nitrogen and oxygen atoms in total. The maximum atomic E-state index is 13.9. The van der Waals surface area contributed by atoms with Crippen LogP contribution < -0.4 is 0 Å². The Morgan fingerprint density at radius 2 is 1.88 bits per heavy atom. The highest BCUT2D eigenvalue weighted by molar-refractivity contribution is 8.19. The molecule has 2 fully saturated rings. The third kappa shape index (κ3) is 3.66. The zero-order chi connectivity index (χ0) is 23.2. The van der Waals surface area contributed by atoms with Gasteiger partial charge in [-0.3, -0.25) is 9.69 Å². The van der Waals surface area contributed by atoms with Crippen molar-refractivity contribution in [2.24, 2.45) is 4.99 Å². The number of allylic oxidation sites excluding steroid dienone is 3. The fourth-order valence-electron chi connectivity index (χ4n) is 5.26. The molecular formula is C27H27N3O2S2. The summed E-state index contributed by atoms with van der Waals surface area (Å²) in [5, 5.41) is 14.3. The van der Waals surface area contributed by atoms with Crippen molar-refractivity contribution in [1.29, 1.82) is 0 Å². The molecule has 34 heavy (non-hydrogen) atoms. The summed E-state index contributed by atoms with van der Waals surface area (Å²) in [7, 11) is 2.07. The number of aromatic hydroxyl groups is 1. The summed E-state index contributed by atoms with van der Waals surface area (Å²) in [6.07, 6.45) is 11.9. The van der Waals surface area contributed by atoms with Gasteiger partial charge in [-0.05, 0) is 48.9 Å². The van der Waals surface area contributed by atoms with Crippen molar-refractivity contribution in [3.63, 3.8) is 0 Å². The van der Waals surface area contributed by atoms with E-state index >= 15 is 0 Å².